The van der Waals surface area contributed by atoms with Crippen LogP contribution in [0, 0.1) is 0 Å². The summed E-state index contributed by atoms with van der Waals surface area (Å²) in [5.74, 6) is 0.298. The van der Waals surface area contributed by atoms with Crippen molar-refractivity contribution in [2.24, 2.45) is 4.99 Å². The van der Waals surface area contributed by atoms with Crippen molar-refractivity contribution in [2.45, 2.75) is 12.1 Å². The minimum atomic E-state index is -0.722. The Labute approximate surface area is 136 Å². The fourth-order valence-electron chi connectivity index (χ4n) is 2.62. The summed E-state index contributed by atoms with van der Waals surface area (Å²) < 4.78 is 5.75. The number of ketones is 1. The number of aliphatic imine (C=N–C) groups is 1. The molecule has 2 heterocycles. The number of carbonyl (C=O) groups is 1. The zero-order valence-electron chi connectivity index (χ0n) is 11.2. The number of nitrogens with zero attached hydrogens (tertiary/aromatic N) is 1. The molecule has 1 fully saturated rings. The Bertz CT molecular complexity index is 820. The molecule has 2 aliphatic rings. The number of rotatable bonds is 1. The predicted molar refractivity (Wildman–Crippen MR) is 86.2 cm³/mol. The molecule has 4 nitrogen and oxygen atoms in total. The molecular formula is C16H10Cl2N2O2. The van der Waals surface area contributed by atoms with Crippen LogP contribution in [0.2, 0.25) is 10.0 Å². The van der Waals surface area contributed by atoms with Crippen LogP contribution in [0.3, 0.4) is 0 Å². The van der Waals surface area contributed by atoms with Crippen molar-refractivity contribution in [1.82, 2.24) is 0 Å². The number of para-hydroxylation sites is 2. The van der Waals surface area contributed by atoms with Crippen molar-refractivity contribution in [2.75, 3.05) is 5.32 Å². The lowest BCUT2D eigenvalue weighted by molar-refractivity contribution is -0.122. The number of halogens is 2. The van der Waals surface area contributed by atoms with Crippen molar-refractivity contribution in [3.8, 4) is 0 Å². The Morgan fingerprint density at radius 2 is 1.91 bits per heavy atom. The van der Waals surface area contributed by atoms with Gasteiger partial charge in [-0.15, -0.1) is 0 Å². The van der Waals surface area contributed by atoms with Crippen molar-refractivity contribution < 1.29 is 9.53 Å². The van der Waals surface area contributed by atoms with Crippen LogP contribution in [-0.2, 0) is 9.53 Å². The van der Waals surface area contributed by atoms with E-state index in [2.05, 4.69) is 10.3 Å². The Balaban J connectivity index is 1.70. The summed E-state index contributed by atoms with van der Waals surface area (Å²) in [6.45, 7) is 0. The molecular weight excluding hydrogens is 323 g/mol. The molecule has 0 spiro atoms. The van der Waals surface area contributed by atoms with E-state index >= 15 is 0 Å². The van der Waals surface area contributed by atoms with Gasteiger partial charge in [0, 0.05) is 5.56 Å². The second kappa shape index (κ2) is 5.00. The quantitative estimate of drug-likeness (QED) is 0.853. The van der Waals surface area contributed by atoms with Crippen LogP contribution in [0.5, 0.6) is 0 Å². The van der Waals surface area contributed by atoms with E-state index in [1.54, 1.807) is 18.2 Å². The number of anilines is 1. The Morgan fingerprint density at radius 3 is 2.73 bits per heavy atom. The first-order valence-corrected chi connectivity index (χ1v) is 7.48. The van der Waals surface area contributed by atoms with Gasteiger partial charge in [0.2, 0.25) is 11.7 Å². The zero-order chi connectivity index (χ0) is 15.3. The van der Waals surface area contributed by atoms with E-state index < -0.39 is 12.1 Å². The molecule has 1 saturated heterocycles. The summed E-state index contributed by atoms with van der Waals surface area (Å²) >= 11 is 11.9. The molecule has 0 aromatic heterocycles. The molecule has 2 aromatic rings. The van der Waals surface area contributed by atoms with Crippen LogP contribution in [0.15, 0.2) is 47.5 Å². The number of hydrogen-bond acceptors (Lipinski definition) is 4. The van der Waals surface area contributed by atoms with Gasteiger partial charge in [-0.1, -0.05) is 41.4 Å². The van der Waals surface area contributed by atoms with E-state index in [4.69, 9.17) is 27.9 Å². The lowest BCUT2D eigenvalue weighted by Gasteiger charge is -2.18. The average molecular weight is 333 g/mol. The molecule has 0 amide bonds. The second-order valence-electron chi connectivity index (χ2n) is 5.12. The monoisotopic (exact) mass is 332 g/mol. The topological polar surface area (TPSA) is 50.7 Å². The first kappa shape index (κ1) is 13.6. The van der Waals surface area contributed by atoms with Crippen molar-refractivity contribution in [3.63, 3.8) is 0 Å². The van der Waals surface area contributed by atoms with Crippen molar-refractivity contribution in [3.05, 3.63) is 58.1 Å². The minimum Gasteiger partial charge on any atom is -0.463 e. The summed E-state index contributed by atoms with van der Waals surface area (Å²) in [6, 6.07) is 12.0. The van der Waals surface area contributed by atoms with Gasteiger partial charge in [0.15, 0.2) is 12.1 Å². The number of ether oxygens (including phenoxy) is 1. The van der Waals surface area contributed by atoms with Gasteiger partial charge in [-0.2, -0.15) is 0 Å². The van der Waals surface area contributed by atoms with Crippen LogP contribution in [0.4, 0.5) is 11.4 Å². The Morgan fingerprint density at radius 1 is 1.09 bits per heavy atom. The first-order valence-electron chi connectivity index (χ1n) is 6.73. The maximum atomic E-state index is 12.6. The summed E-state index contributed by atoms with van der Waals surface area (Å²) in [7, 11) is 0. The second-order valence-corrected chi connectivity index (χ2v) is 5.93. The lowest BCUT2D eigenvalue weighted by atomic mass is 10.0. The molecule has 1 N–H and O–H groups in total. The SMILES string of the molecule is O=C1[C@H]2Nc3ccccc3N=C2O[C@H]1c1ccc(Cl)c(Cl)c1. The average Bonchev–Trinajstić information content (AvgIpc) is 2.84. The normalized spacial score (nSPS) is 22.3. The van der Waals surface area contributed by atoms with Crippen LogP contribution >= 0.6 is 23.2 Å². The van der Waals surface area contributed by atoms with E-state index in [0.717, 1.165) is 11.4 Å². The van der Waals surface area contributed by atoms with E-state index in [-0.39, 0.29) is 5.78 Å². The van der Waals surface area contributed by atoms with E-state index in [1.807, 2.05) is 24.3 Å². The van der Waals surface area contributed by atoms with E-state index in [9.17, 15) is 4.79 Å². The fourth-order valence-corrected chi connectivity index (χ4v) is 2.93. The van der Waals surface area contributed by atoms with Crippen LogP contribution in [0.1, 0.15) is 11.7 Å². The van der Waals surface area contributed by atoms with Gasteiger partial charge in [0.1, 0.15) is 0 Å². The highest BCUT2D eigenvalue weighted by molar-refractivity contribution is 6.42. The van der Waals surface area contributed by atoms with Crippen LogP contribution in [0.25, 0.3) is 0 Å². The van der Waals surface area contributed by atoms with Crippen LogP contribution in [-0.4, -0.2) is 17.7 Å². The molecule has 6 heteroatoms. The largest absolute Gasteiger partial charge is 0.463 e. The predicted octanol–water partition coefficient (Wildman–Crippen LogP) is 4.16. The standard InChI is InChI=1S/C16H10Cl2N2O2/c17-9-6-5-8(7-10(9)18)15-14(21)13-16(22-15)20-12-4-2-1-3-11(12)19-13/h1-7,13,15,19H/t13-,15+/m1/s1. The van der Waals surface area contributed by atoms with Gasteiger partial charge in [-0.05, 0) is 24.3 Å². The van der Waals surface area contributed by atoms with Gasteiger partial charge in [0.05, 0.1) is 21.4 Å². The minimum absolute atomic E-state index is 0.0911. The number of Topliss-reactive ketones (excluding diaryl/α,β-unsaturated/α-hetero) is 1. The number of carbonyl (C=O) groups excluding carboxylic acids is 1. The summed E-state index contributed by atoms with van der Waals surface area (Å²) in [5, 5.41) is 4.00. The summed E-state index contributed by atoms with van der Waals surface area (Å²) in [4.78, 5) is 17.0. The van der Waals surface area contributed by atoms with E-state index in [0.29, 0.717) is 21.5 Å². The lowest BCUT2D eigenvalue weighted by Crippen LogP contribution is -2.33. The zero-order valence-corrected chi connectivity index (χ0v) is 12.7. The third-order valence-electron chi connectivity index (χ3n) is 3.71. The van der Waals surface area contributed by atoms with Crippen LogP contribution < -0.4 is 5.32 Å². The molecule has 22 heavy (non-hydrogen) atoms. The molecule has 110 valence electrons. The molecule has 0 radical (unpaired) electrons. The highest BCUT2D eigenvalue weighted by Crippen LogP contribution is 2.38. The molecule has 2 aromatic carbocycles. The summed E-state index contributed by atoms with van der Waals surface area (Å²) in [5.41, 5.74) is 2.25. The highest BCUT2D eigenvalue weighted by atomic mass is 35.5. The number of nitrogens with one attached hydrogen (secondary N) is 1. The number of benzene rings is 2. The van der Waals surface area contributed by atoms with Gasteiger partial charge in [0.25, 0.3) is 0 Å². The van der Waals surface area contributed by atoms with Gasteiger partial charge >= 0.3 is 0 Å². The number of fused-ring (bicyclic) bond motifs is 2. The Kier molecular flexibility index (Phi) is 3.10. The molecule has 0 unspecified atom stereocenters. The smallest absolute Gasteiger partial charge is 0.220 e. The third kappa shape index (κ3) is 2.07. The highest BCUT2D eigenvalue weighted by Gasteiger charge is 2.44. The fraction of sp³-hybridized carbons (Fsp3) is 0.125. The maximum absolute atomic E-state index is 12.6. The van der Waals surface area contributed by atoms with Gasteiger partial charge in [-0.3, -0.25) is 4.79 Å². The van der Waals surface area contributed by atoms with Crippen molar-refractivity contribution in [1.29, 1.82) is 0 Å². The molecule has 4 rings (SSSR count). The molecule has 2 atom stereocenters. The maximum Gasteiger partial charge on any atom is 0.220 e. The molecule has 0 bridgehead atoms. The van der Waals surface area contributed by atoms with E-state index in [1.165, 1.54) is 0 Å². The molecule has 2 aliphatic heterocycles. The van der Waals surface area contributed by atoms with Gasteiger partial charge < -0.3 is 10.1 Å². The molecule has 0 saturated carbocycles. The summed E-state index contributed by atoms with van der Waals surface area (Å²) in [6.07, 6.45) is -0.722. The number of hydrogen-bond donors (Lipinski definition) is 1. The Hall–Kier alpha value is -2.04. The third-order valence-corrected chi connectivity index (χ3v) is 4.45. The molecule has 0 aliphatic carbocycles. The van der Waals surface area contributed by atoms with Crippen molar-refractivity contribution >= 4 is 46.3 Å². The first-order chi connectivity index (χ1) is 10.6. The van der Waals surface area contributed by atoms with Gasteiger partial charge in [-0.25, -0.2) is 4.99 Å².